The van der Waals surface area contributed by atoms with Gasteiger partial charge in [0.15, 0.2) is 0 Å². The first-order valence-corrected chi connectivity index (χ1v) is 9.69. The van der Waals surface area contributed by atoms with Crippen molar-refractivity contribution in [3.05, 3.63) is 90.3 Å². The normalized spacial score (nSPS) is 15.9. The summed E-state index contributed by atoms with van der Waals surface area (Å²) in [7, 11) is 0. The smallest absolute Gasteiger partial charge is 0.251 e. The van der Waals surface area contributed by atoms with Gasteiger partial charge in [-0.2, -0.15) is 0 Å². The fourth-order valence-electron chi connectivity index (χ4n) is 3.52. The van der Waals surface area contributed by atoms with Crippen LogP contribution in [0.5, 0.6) is 0 Å². The number of nitrogens with one attached hydrogen (secondary N) is 1. The molecule has 1 atom stereocenters. The van der Waals surface area contributed by atoms with Crippen molar-refractivity contribution in [1.82, 2.24) is 14.8 Å². The predicted molar refractivity (Wildman–Crippen MR) is 110 cm³/mol. The van der Waals surface area contributed by atoms with Gasteiger partial charge in [-0.1, -0.05) is 36.4 Å². The highest BCUT2D eigenvalue weighted by atomic mass is 16.5. The number of hydrogen-bond acceptors (Lipinski definition) is 3. The number of rotatable bonds is 6. The highest BCUT2D eigenvalue weighted by molar-refractivity contribution is 5.95. The van der Waals surface area contributed by atoms with Crippen LogP contribution < -0.4 is 5.32 Å². The summed E-state index contributed by atoms with van der Waals surface area (Å²) in [5, 5.41) is 3.24. The van der Waals surface area contributed by atoms with Crippen molar-refractivity contribution in [3.8, 4) is 5.69 Å². The van der Waals surface area contributed by atoms with Crippen LogP contribution in [-0.2, 0) is 4.74 Å². The van der Waals surface area contributed by atoms with Gasteiger partial charge in [-0.05, 0) is 35.9 Å². The first-order valence-electron chi connectivity index (χ1n) is 9.69. The predicted octanol–water partition coefficient (Wildman–Crippen LogP) is 3.28. The second-order valence-corrected chi connectivity index (χ2v) is 6.99. The van der Waals surface area contributed by atoms with E-state index in [9.17, 15) is 4.79 Å². The fraction of sp³-hybridized carbons (Fsp3) is 0.261. The Hall–Kier alpha value is -2.89. The van der Waals surface area contributed by atoms with Crippen LogP contribution in [0.1, 0.15) is 22.0 Å². The van der Waals surface area contributed by atoms with Gasteiger partial charge in [-0.3, -0.25) is 9.69 Å². The summed E-state index contributed by atoms with van der Waals surface area (Å²) in [6, 6.07) is 21.7. The third-order valence-corrected chi connectivity index (χ3v) is 5.06. The molecule has 3 aromatic rings. The van der Waals surface area contributed by atoms with Crippen LogP contribution in [0.2, 0.25) is 0 Å². The van der Waals surface area contributed by atoms with Crippen LogP contribution in [0.3, 0.4) is 0 Å². The van der Waals surface area contributed by atoms with Gasteiger partial charge in [-0.15, -0.1) is 0 Å². The number of carbonyl (C=O) groups is 1. The molecule has 0 radical (unpaired) electrons. The molecule has 4 rings (SSSR count). The molecule has 0 saturated carbocycles. The topological polar surface area (TPSA) is 46.5 Å². The number of amides is 1. The molecule has 0 spiro atoms. The molecular formula is C23H25N3O2. The number of morpholine rings is 1. The largest absolute Gasteiger partial charge is 0.379 e. The van der Waals surface area contributed by atoms with E-state index in [4.69, 9.17) is 4.74 Å². The summed E-state index contributed by atoms with van der Waals surface area (Å²) in [5.41, 5.74) is 2.75. The van der Waals surface area contributed by atoms with E-state index in [0.29, 0.717) is 5.56 Å². The van der Waals surface area contributed by atoms with E-state index < -0.39 is 0 Å². The van der Waals surface area contributed by atoms with Crippen molar-refractivity contribution in [2.75, 3.05) is 32.8 Å². The van der Waals surface area contributed by atoms with E-state index in [-0.39, 0.29) is 11.9 Å². The Bertz CT molecular complexity index is 887. The van der Waals surface area contributed by atoms with E-state index in [0.717, 1.165) is 44.1 Å². The Morgan fingerprint density at radius 1 is 0.964 bits per heavy atom. The van der Waals surface area contributed by atoms with E-state index in [1.54, 1.807) is 0 Å². The zero-order valence-corrected chi connectivity index (χ0v) is 15.8. The molecule has 1 saturated heterocycles. The first kappa shape index (κ1) is 18.5. The average Bonchev–Trinajstić information content (AvgIpc) is 3.30. The molecule has 0 bridgehead atoms. The van der Waals surface area contributed by atoms with E-state index in [2.05, 4.69) is 22.3 Å². The van der Waals surface area contributed by atoms with E-state index in [1.807, 2.05) is 71.6 Å². The molecule has 28 heavy (non-hydrogen) atoms. The molecule has 1 amide bonds. The Balaban J connectivity index is 1.52. The Morgan fingerprint density at radius 3 is 2.46 bits per heavy atom. The third kappa shape index (κ3) is 4.50. The van der Waals surface area contributed by atoms with Crippen LogP contribution in [0, 0.1) is 0 Å². The molecular weight excluding hydrogens is 350 g/mol. The molecule has 1 aliphatic heterocycles. The standard InChI is InChI=1S/C23H25N3O2/c27-23(20-9-6-10-21(17-20)26-11-4-5-12-26)24-22(19-7-2-1-3-8-19)18-25-13-15-28-16-14-25/h1-12,17,22H,13-16,18H2,(H,24,27)/t22-/m0/s1. The van der Waals surface area contributed by atoms with Gasteiger partial charge >= 0.3 is 0 Å². The highest BCUT2D eigenvalue weighted by Gasteiger charge is 2.20. The van der Waals surface area contributed by atoms with Crippen molar-refractivity contribution < 1.29 is 9.53 Å². The molecule has 1 aliphatic rings. The Labute approximate surface area is 165 Å². The van der Waals surface area contributed by atoms with Crippen molar-refractivity contribution in [2.45, 2.75) is 6.04 Å². The number of ether oxygens (including phenoxy) is 1. The fourth-order valence-corrected chi connectivity index (χ4v) is 3.52. The molecule has 144 valence electrons. The molecule has 1 aromatic heterocycles. The minimum absolute atomic E-state index is 0.0591. The quantitative estimate of drug-likeness (QED) is 0.719. The van der Waals surface area contributed by atoms with E-state index >= 15 is 0 Å². The summed E-state index contributed by atoms with van der Waals surface area (Å²) in [6.45, 7) is 4.05. The highest BCUT2D eigenvalue weighted by Crippen LogP contribution is 2.17. The number of benzene rings is 2. The van der Waals surface area contributed by atoms with Crippen LogP contribution in [-0.4, -0.2) is 48.2 Å². The van der Waals surface area contributed by atoms with Gasteiger partial charge in [0, 0.05) is 43.3 Å². The number of hydrogen-bond donors (Lipinski definition) is 1. The van der Waals surface area contributed by atoms with E-state index in [1.165, 1.54) is 0 Å². The lowest BCUT2D eigenvalue weighted by molar-refractivity contribution is 0.0332. The molecule has 0 unspecified atom stereocenters. The molecule has 0 aliphatic carbocycles. The lowest BCUT2D eigenvalue weighted by atomic mass is 10.0. The maximum atomic E-state index is 13.0. The van der Waals surface area contributed by atoms with Crippen LogP contribution in [0.25, 0.3) is 5.69 Å². The zero-order chi connectivity index (χ0) is 19.2. The van der Waals surface area contributed by atoms with Crippen LogP contribution in [0.15, 0.2) is 79.1 Å². The minimum Gasteiger partial charge on any atom is -0.379 e. The van der Waals surface area contributed by atoms with Gasteiger partial charge in [0.25, 0.3) is 5.91 Å². The van der Waals surface area contributed by atoms with Crippen molar-refractivity contribution in [2.24, 2.45) is 0 Å². The van der Waals surface area contributed by atoms with Gasteiger partial charge in [0.1, 0.15) is 0 Å². The second kappa shape index (κ2) is 8.87. The lowest BCUT2D eigenvalue weighted by Crippen LogP contribution is -2.43. The summed E-state index contributed by atoms with van der Waals surface area (Å²) in [4.78, 5) is 15.4. The van der Waals surface area contributed by atoms with Crippen LogP contribution >= 0.6 is 0 Å². The Kier molecular flexibility index (Phi) is 5.85. The molecule has 1 fully saturated rings. The maximum Gasteiger partial charge on any atom is 0.251 e. The molecule has 5 heteroatoms. The zero-order valence-electron chi connectivity index (χ0n) is 15.8. The second-order valence-electron chi connectivity index (χ2n) is 6.99. The SMILES string of the molecule is O=C(N[C@@H](CN1CCOCC1)c1ccccc1)c1cccc(-n2cccc2)c1. The average molecular weight is 375 g/mol. The van der Waals surface area contributed by atoms with Crippen LogP contribution in [0.4, 0.5) is 0 Å². The molecule has 2 heterocycles. The molecule has 2 aromatic carbocycles. The van der Waals surface area contributed by atoms with Gasteiger partial charge in [-0.25, -0.2) is 0 Å². The summed E-state index contributed by atoms with van der Waals surface area (Å²) < 4.78 is 7.45. The summed E-state index contributed by atoms with van der Waals surface area (Å²) in [5.74, 6) is -0.0591. The molecule has 5 nitrogen and oxygen atoms in total. The van der Waals surface area contributed by atoms with Crippen molar-refractivity contribution in [1.29, 1.82) is 0 Å². The lowest BCUT2D eigenvalue weighted by Gasteiger charge is -2.31. The Morgan fingerprint density at radius 2 is 1.71 bits per heavy atom. The number of carbonyl (C=O) groups excluding carboxylic acids is 1. The maximum absolute atomic E-state index is 13.0. The number of aromatic nitrogens is 1. The number of nitrogens with zero attached hydrogens (tertiary/aromatic N) is 2. The third-order valence-electron chi connectivity index (χ3n) is 5.06. The first-order chi connectivity index (χ1) is 13.8. The monoisotopic (exact) mass is 375 g/mol. The summed E-state index contributed by atoms with van der Waals surface area (Å²) in [6.07, 6.45) is 3.95. The van der Waals surface area contributed by atoms with Crippen molar-refractivity contribution in [3.63, 3.8) is 0 Å². The minimum atomic E-state index is -0.0676. The van der Waals surface area contributed by atoms with Gasteiger partial charge in [0.05, 0.1) is 19.3 Å². The van der Waals surface area contributed by atoms with Gasteiger partial charge < -0.3 is 14.6 Å². The summed E-state index contributed by atoms with van der Waals surface area (Å²) >= 11 is 0. The molecule has 1 N–H and O–H groups in total. The van der Waals surface area contributed by atoms with Crippen molar-refractivity contribution >= 4 is 5.91 Å². The van der Waals surface area contributed by atoms with Gasteiger partial charge in [0.2, 0.25) is 0 Å².